The predicted molar refractivity (Wildman–Crippen MR) is 118 cm³/mol. The van der Waals surface area contributed by atoms with E-state index in [4.69, 9.17) is 20.2 Å². The molecule has 1 aliphatic carbocycles. The largest absolute Gasteiger partial charge is 0.493 e. The number of fused-ring (bicyclic) bond motifs is 1. The van der Waals surface area contributed by atoms with E-state index in [-0.39, 0.29) is 11.7 Å². The maximum absolute atomic E-state index is 14.2. The molecule has 5 rings (SSSR count). The molecular formula is C24H23FN4O3. The van der Waals surface area contributed by atoms with Crippen molar-refractivity contribution in [2.24, 2.45) is 0 Å². The van der Waals surface area contributed by atoms with Gasteiger partial charge in [0.05, 0.1) is 12.7 Å². The zero-order valence-electron chi connectivity index (χ0n) is 17.7. The zero-order chi connectivity index (χ0) is 22.5. The molecule has 1 saturated carbocycles. The number of hydrogen-bond acceptors (Lipinski definition) is 6. The van der Waals surface area contributed by atoms with Gasteiger partial charge in [0.25, 0.3) is 0 Å². The molecule has 0 atom stereocenters. The van der Waals surface area contributed by atoms with Crippen LogP contribution in [0.15, 0.2) is 54.9 Å². The number of aromatic nitrogens is 3. The number of para-hydroxylation sites is 1. The average Bonchev–Trinajstić information content (AvgIpc) is 3.14. The van der Waals surface area contributed by atoms with E-state index in [1.807, 2.05) is 29.7 Å². The van der Waals surface area contributed by atoms with E-state index in [0.717, 1.165) is 16.9 Å². The summed E-state index contributed by atoms with van der Waals surface area (Å²) < 4.78 is 27.1. The molecule has 32 heavy (non-hydrogen) atoms. The van der Waals surface area contributed by atoms with Crippen molar-refractivity contribution in [3.05, 3.63) is 66.5 Å². The molecule has 0 saturated heterocycles. The van der Waals surface area contributed by atoms with Gasteiger partial charge in [-0.3, -0.25) is 4.40 Å². The van der Waals surface area contributed by atoms with E-state index in [2.05, 4.69) is 4.98 Å². The van der Waals surface area contributed by atoms with Crippen LogP contribution in [0.25, 0.3) is 16.8 Å². The molecule has 8 heteroatoms. The first-order valence-electron chi connectivity index (χ1n) is 10.3. The number of hydrogen-bond donors (Lipinski definition) is 2. The molecule has 3 N–H and O–H groups in total. The van der Waals surface area contributed by atoms with Crippen molar-refractivity contribution in [1.82, 2.24) is 14.4 Å². The predicted octanol–water partition coefficient (Wildman–Crippen LogP) is 4.55. The van der Waals surface area contributed by atoms with E-state index < -0.39 is 11.4 Å². The Hall–Kier alpha value is -3.65. The molecule has 4 aromatic rings. The topological polar surface area (TPSA) is 94.9 Å². The third-order valence-electron chi connectivity index (χ3n) is 5.85. The number of nitrogens with zero attached hydrogens (tertiary/aromatic N) is 3. The standard InChI is InChI=1S/C24H23FN4O3/c1-24(30)12-15(13-24)23-28-19(20-22(26)27-10-11-29(20)23)14-6-8-16(9-7-14)32-21-17(25)4-3-5-18(21)31-2/h3-11,15,30H,12-13H2,1-2H3,(H2,26,27)/t15-,24+. The quantitative estimate of drug-likeness (QED) is 0.479. The van der Waals surface area contributed by atoms with Crippen LogP contribution in [0.2, 0.25) is 0 Å². The summed E-state index contributed by atoms with van der Waals surface area (Å²) in [7, 11) is 1.46. The smallest absolute Gasteiger partial charge is 0.204 e. The van der Waals surface area contributed by atoms with Crippen molar-refractivity contribution in [1.29, 1.82) is 0 Å². The molecule has 1 fully saturated rings. The maximum atomic E-state index is 14.2. The molecule has 0 aliphatic heterocycles. The lowest BCUT2D eigenvalue weighted by molar-refractivity contribution is -0.0335. The van der Waals surface area contributed by atoms with Crippen molar-refractivity contribution in [2.45, 2.75) is 31.3 Å². The Bertz CT molecular complexity index is 1290. The Labute approximate surface area is 184 Å². The molecule has 2 aromatic carbocycles. The average molecular weight is 434 g/mol. The van der Waals surface area contributed by atoms with Gasteiger partial charge < -0.3 is 20.3 Å². The minimum absolute atomic E-state index is 0.0305. The fourth-order valence-electron chi connectivity index (χ4n) is 4.31. The lowest BCUT2D eigenvalue weighted by Crippen LogP contribution is -2.40. The summed E-state index contributed by atoms with van der Waals surface area (Å²) in [5.74, 6) is 1.67. The third kappa shape index (κ3) is 3.42. The van der Waals surface area contributed by atoms with Gasteiger partial charge in [0.2, 0.25) is 5.75 Å². The minimum Gasteiger partial charge on any atom is -0.493 e. The van der Waals surface area contributed by atoms with Crippen molar-refractivity contribution >= 4 is 11.3 Å². The molecule has 0 amide bonds. The summed E-state index contributed by atoms with van der Waals surface area (Å²) >= 11 is 0. The maximum Gasteiger partial charge on any atom is 0.204 e. The number of imidazole rings is 1. The van der Waals surface area contributed by atoms with E-state index in [1.165, 1.54) is 13.2 Å². The zero-order valence-corrected chi connectivity index (χ0v) is 17.7. The van der Waals surface area contributed by atoms with Crippen LogP contribution in [0.1, 0.15) is 31.5 Å². The van der Waals surface area contributed by atoms with Gasteiger partial charge in [-0.15, -0.1) is 0 Å². The lowest BCUT2D eigenvalue weighted by atomic mass is 9.72. The number of benzene rings is 2. The second-order valence-corrected chi connectivity index (χ2v) is 8.35. The fourth-order valence-corrected chi connectivity index (χ4v) is 4.31. The Morgan fingerprint density at radius 1 is 1.19 bits per heavy atom. The Balaban J connectivity index is 1.50. The first kappa shape index (κ1) is 20.3. The van der Waals surface area contributed by atoms with Crippen LogP contribution in [-0.2, 0) is 0 Å². The molecular weight excluding hydrogens is 411 g/mol. The number of nitrogens with two attached hydrogens (primary N) is 1. The molecule has 2 aromatic heterocycles. The normalized spacial score (nSPS) is 20.2. The summed E-state index contributed by atoms with van der Waals surface area (Å²) in [4.78, 5) is 9.10. The van der Waals surface area contributed by atoms with Crippen molar-refractivity contribution in [3.8, 4) is 28.5 Å². The summed E-state index contributed by atoms with van der Waals surface area (Å²) in [5.41, 5.74) is 7.78. The molecule has 0 unspecified atom stereocenters. The number of anilines is 1. The van der Waals surface area contributed by atoms with E-state index >= 15 is 0 Å². The Kier molecular flexibility index (Phi) is 4.74. The summed E-state index contributed by atoms with van der Waals surface area (Å²) in [6, 6.07) is 11.7. The first-order valence-corrected chi connectivity index (χ1v) is 10.3. The number of rotatable bonds is 5. The van der Waals surface area contributed by atoms with Crippen molar-refractivity contribution in [3.63, 3.8) is 0 Å². The summed E-state index contributed by atoms with van der Waals surface area (Å²) in [6.07, 6.45) is 4.77. The molecule has 164 valence electrons. The van der Waals surface area contributed by atoms with Gasteiger partial charge in [0, 0.05) is 23.9 Å². The van der Waals surface area contributed by atoms with E-state index in [1.54, 1.807) is 30.5 Å². The summed E-state index contributed by atoms with van der Waals surface area (Å²) in [6.45, 7) is 1.83. The van der Waals surface area contributed by atoms with Gasteiger partial charge in [-0.25, -0.2) is 14.4 Å². The van der Waals surface area contributed by atoms with Crippen LogP contribution in [0.5, 0.6) is 17.2 Å². The van der Waals surface area contributed by atoms with Crippen LogP contribution in [0, 0.1) is 5.82 Å². The van der Waals surface area contributed by atoms with Crippen LogP contribution in [0.4, 0.5) is 10.2 Å². The molecule has 1 aliphatic rings. The molecule has 0 radical (unpaired) electrons. The lowest BCUT2D eigenvalue weighted by Gasteiger charge is -2.40. The van der Waals surface area contributed by atoms with Gasteiger partial charge >= 0.3 is 0 Å². The van der Waals surface area contributed by atoms with Crippen LogP contribution >= 0.6 is 0 Å². The van der Waals surface area contributed by atoms with Gasteiger partial charge in [-0.1, -0.05) is 6.07 Å². The SMILES string of the molecule is COc1cccc(F)c1Oc1ccc(-c2nc([C@H]3C[C@@](C)(O)C3)n3ccnc(N)c23)cc1. The number of nitrogen functional groups attached to an aromatic ring is 1. The van der Waals surface area contributed by atoms with E-state index in [9.17, 15) is 9.50 Å². The first-order chi connectivity index (χ1) is 15.4. The highest BCUT2D eigenvalue weighted by atomic mass is 19.1. The highest BCUT2D eigenvalue weighted by Crippen LogP contribution is 2.45. The van der Waals surface area contributed by atoms with Crippen LogP contribution in [-0.4, -0.2) is 32.2 Å². The van der Waals surface area contributed by atoms with Crippen molar-refractivity contribution < 1.29 is 19.0 Å². The number of methoxy groups -OCH3 is 1. The highest BCUT2D eigenvalue weighted by Gasteiger charge is 2.41. The van der Waals surface area contributed by atoms with Gasteiger partial charge in [-0.05, 0) is 56.2 Å². The fraction of sp³-hybridized carbons (Fsp3) is 0.250. The van der Waals surface area contributed by atoms with Crippen LogP contribution < -0.4 is 15.2 Å². The monoisotopic (exact) mass is 434 g/mol. The molecule has 7 nitrogen and oxygen atoms in total. The van der Waals surface area contributed by atoms with E-state index in [0.29, 0.717) is 35.9 Å². The second-order valence-electron chi connectivity index (χ2n) is 8.35. The third-order valence-corrected chi connectivity index (χ3v) is 5.85. The van der Waals surface area contributed by atoms with Crippen LogP contribution in [0.3, 0.4) is 0 Å². The molecule has 2 heterocycles. The number of halogens is 1. The van der Waals surface area contributed by atoms with Crippen molar-refractivity contribution in [2.75, 3.05) is 12.8 Å². The van der Waals surface area contributed by atoms with Gasteiger partial charge in [-0.2, -0.15) is 0 Å². The number of ether oxygens (including phenoxy) is 2. The minimum atomic E-state index is -0.665. The van der Waals surface area contributed by atoms with Gasteiger partial charge in [0.15, 0.2) is 11.6 Å². The number of aliphatic hydroxyl groups is 1. The Morgan fingerprint density at radius 3 is 2.62 bits per heavy atom. The molecule has 0 bridgehead atoms. The summed E-state index contributed by atoms with van der Waals surface area (Å²) in [5, 5.41) is 10.2. The Morgan fingerprint density at radius 2 is 1.94 bits per heavy atom. The molecule has 0 spiro atoms. The highest BCUT2D eigenvalue weighted by molar-refractivity contribution is 5.85. The van der Waals surface area contributed by atoms with Gasteiger partial charge in [0.1, 0.15) is 28.6 Å². The second kappa shape index (κ2) is 7.49.